The van der Waals surface area contributed by atoms with Crippen LogP contribution in [0.3, 0.4) is 0 Å². The predicted molar refractivity (Wildman–Crippen MR) is 79.1 cm³/mol. The van der Waals surface area contributed by atoms with E-state index in [2.05, 4.69) is 38.7 Å². The molecule has 0 bridgehead atoms. The molecule has 0 N–H and O–H groups in total. The first kappa shape index (κ1) is 16.3. The van der Waals surface area contributed by atoms with Gasteiger partial charge in [-0.2, -0.15) is 0 Å². The minimum atomic E-state index is 1.07. The van der Waals surface area contributed by atoms with Crippen LogP contribution in [-0.2, 0) is 0 Å². The molecule has 0 radical (unpaired) electrons. The second kappa shape index (κ2) is 13.4. The zero-order valence-electron chi connectivity index (χ0n) is 12.1. The number of rotatable bonds is 9. The highest BCUT2D eigenvalue weighted by molar-refractivity contribution is 4.99. The van der Waals surface area contributed by atoms with Crippen LogP contribution in [0, 0.1) is 11.8 Å². The molecule has 0 heteroatoms. The van der Waals surface area contributed by atoms with Crippen molar-refractivity contribution in [2.45, 2.75) is 85.0 Å². The molecule has 17 heavy (non-hydrogen) atoms. The van der Waals surface area contributed by atoms with E-state index in [1.165, 1.54) is 56.9 Å². The molecule has 98 valence electrons. The van der Waals surface area contributed by atoms with Crippen LogP contribution in [0.25, 0.3) is 0 Å². The fourth-order valence-electron chi connectivity index (χ4n) is 1.75. The van der Waals surface area contributed by atoms with Crippen molar-refractivity contribution in [2.24, 2.45) is 0 Å². The van der Waals surface area contributed by atoms with Crippen molar-refractivity contribution in [1.29, 1.82) is 0 Å². The summed E-state index contributed by atoms with van der Waals surface area (Å²) >= 11 is 0. The van der Waals surface area contributed by atoms with Crippen LogP contribution in [0.15, 0.2) is 11.6 Å². The van der Waals surface area contributed by atoms with Gasteiger partial charge in [-0.3, -0.25) is 0 Å². The van der Waals surface area contributed by atoms with Crippen LogP contribution in [-0.4, -0.2) is 0 Å². The summed E-state index contributed by atoms with van der Waals surface area (Å²) in [5.41, 5.74) is 1.42. The molecule has 0 unspecified atom stereocenters. The third-order valence-corrected chi connectivity index (χ3v) is 2.84. The first-order valence-electron chi connectivity index (χ1n) is 7.36. The van der Waals surface area contributed by atoms with Crippen LogP contribution in [0.4, 0.5) is 0 Å². The van der Waals surface area contributed by atoms with Gasteiger partial charge in [0.1, 0.15) is 0 Å². The molecule has 0 aliphatic rings. The molecule has 0 saturated heterocycles. The Labute approximate surface area is 109 Å². The van der Waals surface area contributed by atoms with Gasteiger partial charge in [-0.25, -0.2) is 0 Å². The van der Waals surface area contributed by atoms with Crippen molar-refractivity contribution < 1.29 is 0 Å². The molecule has 0 aromatic carbocycles. The van der Waals surface area contributed by atoms with Gasteiger partial charge in [0.05, 0.1) is 0 Å². The Morgan fingerprint density at radius 1 is 0.824 bits per heavy atom. The summed E-state index contributed by atoms with van der Waals surface area (Å²) in [6, 6.07) is 0. The molecular formula is C17H30. The molecule has 0 amide bonds. The molecule has 0 aromatic rings. The van der Waals surface area contributed by atoms with Gasteiger partial charge in [-0.05, 0) is 33.1 Å². The largest absolute Gasteiger partial charge is 0.103 e. The van der Waals surface area contributed by atoms with Crippen molar-refractivity contribution in [3.8, 4) is 11.8 Å². The lowest BCUT2D eigenvalue weighted by Crippen LogP contribution is -1.78. The van der Waals surface area contributed by atoms with E-state index >= 15 is 0 Å². The third-order valence-electron chi connectivity index (χ3n) is 2.84. The number of allylic oxidation sites excluding steroid dienone is 2. The Kier molecular flexibility index (Phi) is 12.8. The van der Waals surface area contributed by atoms with E-state index in [0.717, 1.165) is 12.8 Å². The molecule has 0 aliphatic carbocycles. The average Bonchev–Trinajstić information content (AvgIpc) is 2.30. The van der Waals surface area contributed by atoms with E-state index in [4.69, 9.17) is 0 Å². The molecule has 0 heterocycles. The Morgan fingerprint density at radius 3 is 2.06 bits per heavy atom. The summed E-state index contributed by atoms with van der Waals surface area (Å²) in [6.07, 6.45) is 15.1. The maximum atomic E-state index is 3.29. The van der Waals surface area contributed by atoms with E-state index in [1.807, 2.05) is 0 Å². The molecule has 0 spiro atoms. The van der Waals surface area contributed by atoms with Gasteiger partial charge in [-0.1, -0.05) is 50.7 Å². The quantitative estimate of drug-likeness (QED) is 0.265. The maximum absolute atomic E-state index is 3.29. The van der Waals surface area contributed by atoms with E-state index in [9.17, 15) is 0 Å². The topological polar surface area (TPSA) is 0 Å². The lowest BCUT2D eigenvalue weighted by atomic mass is 10.1. The minimum Gasteiger partial charge on any atom is -0.103 e. The highest BCUT2D eigenvalue weighted by Gasteiger charge is 1.87. The number of unbranched alkanes of at least 4 members (excludes halogenated alkanes) is 8. The monoisotopic (exact) mass is 234 g/mol. The second-order valence-corrected chi connectivity index (χ2v) is 5.05. The van der Waals surface area contributed by atoms with Crippen molar-refractivity contribution in [1.82, 2.24) is 0 Å². The first-order chi connectivity index (χ1) is 8.27. The highest BCUT2D eigenvalue weighted by atomic mass is 13.9. The zero-order chi connectivity index (χ0) is 12.8. The standard InChI is InChI=1S/C17H30/c1-4-5-6-7-8-9-10-11-12-13-14-15-16-17(2)3/h16H,4-10,13-15H2,1-3H3. The fraction of sp³-hybridized carbons (Fsp3) is 0.765. The summed E-state index contributed by atoms with van der Waals surface area (Å²) in [6.45, 7) is 6.58. The van der Waals surface area contributed by atoms with Crippen LogP contribution in [0.1, 0.15) is 85.0 Å². The van der Waals surface area contributed by atoms with Crippen LogP contribution < -0.4 is 0 Å². The van der Waals surface area contributed by atoms with Crippen molar-refractivity contribution in [3.63, 3.8) is 0 Å². The molecule has 0 aliphatic heterocycles. The Bertz CT molecular complexity index is 232. The van der Waals surface area contributed by atoms with Crippen molar-refractivity contribution >= 4 is 0 Å². The maximum Gasteiger partial charge on any atom is 0.00916 e. The normalized spacial score (nSPS) is 9.59. The molecule has 0 rings (SSSR count). The molecular weight excluding hydrogens is 204 g/mol. The molecule has 0 atom stereocenters. The van der Waals surface area contributed by atoms with Gasteiger partial charge >= 0.3 is 0 Å². The van der Waals surface area contributed by atoms with Gasteiger partial charge in [0, 0.05) is 12.8 Å². The third kappa shape index (κ3) is 15.3. The van der Waals surface area contributed by atoms with Gasteiger partial charge in [0.25, 0.3) is 0 Å². The lowest BCUT2D eigenvalue weighted by Gasteiger charge is -1.96. The Balaban J connectivity index is 3.18. The van der Waals surface area contributed by atoms with Crippen LogP contribution in [0.5, 0.6) is 0 Å². The zero-order valence-corrected chi connectivity index (χ0v) is 12.1. The molecule has 0 fully saturated rings. The van der Waals surface area contributed by atoms with Gasteiger partial charge in [0.15, 0.2) is 0 Å². The van der Waals surface area contributed by atoms with Gasteiger partial charge < -0.3 is 0 Å². The first-order valence-corrected chi connectivity index (χ1v) is 7.36. The highest BCUT2D eigenvalue weighted by Crippen LogP contribution is 2.06. The number of hydrogen-bond donors (Lipinski definition) is 0. The fourth-order valence-corrected chi connectivity index (χ4v) is 1.75. The Hall–Kier alpha value is -0.700. The van der Waals surface area contributed by atoms with Crippen LogP contribution in [0.2, 0.25) is 0 Å². The summed E-state index contributed by atoms with van der Waals surface area (Å²) in [7, 11) is 0. The van der Waals surface area contributed by atoms with Crippen molar-refractivity contribution in [2.75, 3.05) is 0 Å². The molecule has 0 saturated carbocycles. The second-order valence-electron chi connectivity index (χ2n) is 5.05. The minimum absolute atomic E-state index is 1.07. The van der Waals surface area contributed by atoms with Gasteiger partial charge in [0.2, 0.25) is 0 Å². The summed E-state index contributed by atoms with van der Waals surface area (Å²) < 4.78 is 0. The summed E-state index contributed by atoms with van der Waals surface area (Å²) in [5.74, 6) is 6.58. The summed E-state index contributed by atoms with van der Waals surface area (Å²) in [5, 5.41) is 0. The number of hydrogen-bond acceptors (Lipinski definition) is 0. The van der Waals surface area contributed by atoms with E-state index in [1.54, 1.807) is 0 Å². The predicted octanol–water partition coefficient (Wildman–Crippen LogP) is 5.88. The Morgan fingerprint density at radius 2 is 1.41 bits per heavy atom. The van der Waals surface area contributed by atoms with E-state index in [0.29, 0.717) is 0 Å². The summed E-state index contributed by atoms with van der Waals surface area (Å²) in [4.78, 5) is 0. The lowest BCUT2D eigenvalue weighted by molar-refractivity contribution is 0.614. The van der Waals surface area contributed by atoms with E-state index < -0.39 is 0 Å². The SMILES string of the molecule is CCCCCCCCC#CCCCC=C(C)C. The smallest absolute Gasteiger partial charge is 0.00916 e. The average molecular weight is 234 g/mol. The van der Waals surface area contributed by atoms with E-state index in [-0.39, 0.29) is 0 Å². The molecule has 0 nitrogen and oxygen atoms in total. The van der Waals surface area contributed by atoms with Crippen LogP contribution >= 0.6 is 0 Å². The van der Waals surface area contributed by atoms with Gasteiger partial charge in [-0.15, -0.1) is 11.8 Å². The molecule has 0 aromatic heterocycles. The van der Waals surface area contributed by atoms with Crippen molar-refractivity contribution in [3.05, 3.63) is 11.6 Å².